The summed E-state index contributed by atoms with van der Waals surface area (Å²) in [5, 5.41) is 10.1. The molecule has 4 rings (SSSR count). The molecule has 0 bridgehead atoms. The molecule has 1 aliphatic carbocycles. The molecule has 6 heteroatoms. The Morgan fingerprint density at radius 2 is 1.96 bits per heavy atom. The fourth-order valence-corrected chi connectivity index (χ4v) is 3.97. The number of hydrogen-bond donors (Lipinski definition) is 1. The Labute approximate surface area is 148 Å². The van der Waals surface area contributed by atoms with Gasteiger partial charge < -0.3 is 10.0 Å². The molecule has 1 aliphatic heterocycles. The number of aliphatic hydroxyl groups is 1. The third-order valence-corrected chi connectivity index (χ3v) is 5.31. The van der Waals surface area contributed by atoms with Crippen LogP contribution in [0.1, 0.15) is 25.0 Å². The van der Waals surface area contributed by atoms with Gasteiger partial charge in [0.05, 0.1) is 6.10 Å². The highest BCUT2D eigenvalue weighted by molar-refractivity contribution is 5.56. The molecule has 2 aromatic rings. The number of nitrogens with zero attached hydrogens (tertiary/aromatic N) is 5. The molecule has 0 aromatic carbocycles. The lowest BCUT2D eigenvalue weighted by Gasteiger charge is -2.39. The first-order chi connectivity index (χ1) is 12.2. The first kappa shape index (κ1) is 16.4. The first-order valence-electron chi connectivity index (χ1n) is 9.14. The molecular weight excluding hydrogens is 314 g/mol. The van der Waals surface area contributed by atoms with Crippen molar-refractivity contribution in [2.75, 3.05) is 31.1 Å². The highest BCUT2D eigenvalue weighted by Gasteiger charge is 2.32. The average molecular weight is 339 g/mol. The fourth-order valence-electron chi connectivity index (χ4n) is 3.97. The van der Waals surface area contributed by atoms with Crippen LogP contribution in [0.15, 0.2) is 30.6 Å². The van der Waals surface area contributed by atoms with Gasteiger partial charge in [-0.1, -0.05) is 0 Å². The molecule has 0 radical (unpaired) electrons. The van der Waals surface area contributed by atoms with Gasteiger partial charge in [0.1, 0.15) is 5.82 Å². The van der Waals surface area contributed by atoms with Crippen LogP contribution in [-0.4, -0.2) is 63.3 Å². The monoisotopic (exact) mass is 339 g/mol. The van der Waals surface area contributed by atoms with Crippen molar-refractivity contribution in [3.05, 3.63) is 36.3 Å². The minimum atomic E-state index is -0.148. The van der Waals surface area contributed by atoms with Crippen LogP contribution in [0.5, 0.6) is 0 Å². The van der Waals surface area contributed by atoms with Crippen LogP contribution in [-0.2, 0) is 0 Å². The number of anilines is 1. The number of aliphatic hydroxyl groups excluding tert-OH is 1. The van der Waals surface area contributed by atoms with Crippen LogP contribution in [0, 0.1) is 6.92 Å². The molecule has 2 aromatic heterocycles. The van der Waals surface area contributed by atoms with E-state index in [1.54, 1.807) is 12.4 Å². The second kappa shape index (κ2) is 7.06. The van der Waals surface area contributed by atoms with Crippen molar-refractivity contribution in [3.8, 4) is 11.4 Å². The lowest BCUT2D eigenvalue weighted by atomic mass is 10.1. The summed E-state index contributed by atoms with van der Waals surface area (Å²) >= 11 is 0. The van der Waals surface area contributed by atoms with E-state index in [-0.39, 0.29) is 6.10 Å². The van der Waals surface area contributed by atoms with Gasteiger partial charge in [-0.25, -0.2) is 9.97 Å². The van der Waals surface area contributed by atoms with Crippen LogP contribution in [0.4, 0.5) is 5.82 Å². The molecule has 0 amide bonds. The Hall–Kier alpha value is -2.05. The molecule has 132 valence electrons. The van der Waals surface area contributed by atoms with Crippen molar-refractivity contribution in [2.24, 2.45) is 0 Å². The molecule has 2 fully saturated rings. The summed E-state index contributed by atoms with van der Waals surface area (Å²) in [6.07, 6.45) is 6.63. The summed E-state index contributed by atoms with van der Waals surface area (Å²) in [5.74, 6) is 1.72. The highest BCUT2D eigenvalue weighted by Crippen LogP contribution is 2.26. The second-order valence-corrected chi connectivity index (χ2v) is 7.02. The summed E-state index contributed by atoms with van der Waals surface area (Å²) in [5.41, 5.74) is 1.91. The van der Waals surface area contributed by atoms with Crippen LogP contribution in [0.25, 0.3) is 11.4 Å². The van der Waals surface area contributed by atoms with Crippen LogP contribution in [0.2, 0.25) is 0 Å². The van der Waals surface area contributed by atoms with Crippen LogP contribution >= 0.6 is 0 Å². The maximum Gasteiger partial charge on any atom is 0.163 e. The summed E-state index contributed by atoms with van der Waals surface area (Å²) in [6, 6.07) is 6.30. The molecule has 0 unspecified atom stereocenters. The number of hydrogen-bond acceptors (Lipinski definition) is 6. The minimum absolute atomic E-state index is 0.148. The Kier molecular flexibility index (Phi) is 4.63. The zero-order valence-corrected chi connectivity index (χ0v) is 14.7. The second-order valence-electron chi connectivity index (χ2n) is 7.02. The quantitative estimate of drug-likeness (QED) is 0.921. The van der Waals surface area contributed by atoms with E-state index in [0.717, 1.165) is 68.3 Å². The molecule has 25 heavy (non-hydrogen) atoms. The summed E-state index contributed by atoms with van der Waals surface area (Å²) in [4.78, 5) is 18.3. The Bertz CT molecular complexity index is 715. The lowest BCUT2D eigenvalue weighted by molar-refractivity contribution is 0.0671. The standard InChI is InChI=1S/C19H25N5O/c1-14-12-18(22-19(21-14)15-4-3-7-20-13-15)24-10-8-23(9-11-24)16-5-2-6-17(16)25/h3-4,7,12-13,16-17,25H,2,5-6,8-11H2,1H3/t16-,17+/m1/s1. The highest BCUT2D eigenvalue weighted by atomic mass is 16.3. The molecule has 0 spiro atoms. The number of aryl methyl sites for hydroxylation is 1. The SMILES string of the molecule is Cc1cc(N2CCN([C@@H]3CCC[C@@H]3O)CC2)nc(-c2cccnc2)n1. The third kappa shape index (κ3) is 3.50. The van der Waals surface area contributed by atoms with E-state index in [4.69, 9.17) is 4.98 Å². The Morgan fingerprint density at radius 3 is 2.64 bits per heavy atom. The van der Waals surface area contributed by atoms with E-state index < -0.39 is 0 Å². The average Bonchev–Trinajstić information content (AvgIpc) is 3.08. The number of pyridine rings is 1. The largest absolute Gasteiger partial charge is 0.391 e. The predicted molar refractivity (Wildman–Crippen MR) is 97.4 cm³/mol. The van der Waals surface area contributed by atoms with Gasteiger partial charge in [-0.15, -0.1) is 0 Å². The Morgan fingerprint density at radius 1 is 1.12 bits per heavy atom. The number of aromatic nitrogens is 3. The van der Waals surface area contributed by atoms with Gasteiger partial charge >= 0.3 is 0 Å². The molecule has 1 N–H and O–H groups in total. The Balaban J connectivity index is 1.49. The van der Waals surface area contributed by atoms with Crippen molar-refractivity contribution in [2.45, 2.75) is 38.3 Å². The maximum absolute atomic E-state index is 10.1. The van der Waals surface area contributed by atoms with Gasteiger partial charge in [-0.2, -0.15) is 0 Å². The van der Waals surface area contributed by atoms with Gasteiger partial charge in [0, 0.05) is 61.9 Å². The van der Waals surface area contributed by atoms with Crippen molar-refractivity contribution in [3.63, 3.8) is 0 Å². The molecule has 1 saturated carbocycles. The van der Waals surface area contributed by atoms with Crippen LogP contribution < -0.4 is 4.90 Å². The van der Waals surface area contributed by atoms with Gasteiger partial charge in [0.25, 0.3) is 0 Å². The maximum atomic E-state index is 10.1. The zero-order valence-electron chi connectivity index (χ0n) is 14.7. The lowest BCUT2D eigenvalue weighted by Crippen LogP contribution is -2.52. The minimum Gasteiger partial charge on any atom is -0.391 e. The van der Waals surface area contributed by atoms with Crippen molar-refractivity contribution < 1.29 is 5.11 Å². The third-order valence-electron chi connectivity index (χ3n) is 5.31. The van der Waals surface area contributed by atoms with Gasteiger partial charge in [-0.05, 0) is 38.3 Å². The topological polar surface area (TPSA) is 65.4 Å². The summed E-state index contributed by atoms with van der Waals surface area (Å²) < 4.78 is 0. The normalized spacial score (nSPS) is 24.6. The number of rotatable bonds is 3. The summed E-state index contributed by atoms with van der Waals surface area (Å²) in [7, 11) is 0. The van der Waals surface area contributed by atoms with E-state index in [1.807, 2.05) is 19.1 Å². The smallest absolute Gasteiger partial charge is 0.163 e. The van der Waals surface area contributed by atoms with Crippen molar-refractivity contribution in [1.82, 2.24) is 19.9 Å². The van der Waals surface area contributed by atoms with E-state index in [2.05, 4.69) is 25.8 Å². The fraction of sp³-hybridized carbons (Fsp3) is 0.526. The number of piperazine rings is 1. The van der Waals surface area contributed by atoms with Crippen molar-refractivity contribution >= 4 is 5.82 Å². The van der Waals surface area contributed by atoms with Gasteiger partial charge in [0.15, 0.2) is 5.82 Å². The predicted octanol–water partition coefficient (Wildman–Crippen LogP) is 1.88. The van der Waals surface area contributed by atoms with E-state index in [1.165, 1.54) is 0 Å². The zero-order chi connectivity index (χ0) is 17.2. The molecule has 6 nitrogen and oxygen atoms in total. The first-order valence-corrected chi connectivity index (χ1v) is 9.14. The van der Waals surface area contributed by atoms with E-state index in [9.17, 15) is 5.11 Å². The molecule has 2 aliphatic rings. The molecular formula is C19H25N5O. The van der Waals surface area contributed by atoms with E-state index in [0.29, 0.717) is 6.04 Å². The molecule has 3 heterocycles. The summed E-state index contributed by atoms with van der Waals surface area (Å²) in [6.45, 7) is 5.84. The molecule has 1 saturated heterocycles. The van der Waals surface area contributed by atoms with Gasteiger partial charge in [0.2, 0.25) is 0 Å². The van der Waals surface area contributed by atoms with Gasteiger partial charge in [-0.3, -0.25) is 9.88 Å². The molecule has 2 atom stereocenters. The van der Waals surface area contributed by atoms with E-state index >= 15 is 0 Å². The van der Waals surface area contributed by atoms with Crippen LogP contribution in [0.3, 0.4) is 0 Å². The van der Waals surface area contributed by atoms with Crippen molar-refractivity contribution in [1.29, 1.82) is 0 Å².